The number of fused-ring (bicyclic) bond motifs is 2. The molecule has 0 radical (unpaired) electrons. The van der Waals surface area contributed by atoms with Gasteiger partial charge in [-0.05, 0) is 33.7 Å². The highest BCUT2D eigenvalue weighted by Crippen LogP contribution is 2.32. The first-order chi connectivity index (χ1) is 9.81. The summed E-state index contributed by atoms with van der Waals surface area (Å²) in [6.45, 7) is 0. The topological polar surface area (TPSA) is 38.9 Å². The molecule has 2 nitrogen and oxygen atoms in total. The number of hydrogen-bond acceptors (Lipinski definition) is 3. The van der Waals surface area contributed by atoms with Crippen molar-refractivity contribution in [3.63, 3.8) is 0 Å². The predicted octanol–water partition coefficient (Wildman–Crippen LogP) is 4.70. The van der Waals surface area contributed by atoms with E-state index in [9.17, 15) is 0 Å². The van der Waals surface area contributed by atoms with Crippen LogP contribution in [0.4, 0.5) is 5.13 Å². The van der Waals surface area contributed by atoms with Crippen molar-refractivity contribution in [2.75, 3.05) is 5.73 Å². The highest BCUT2D eigenvalue weighted by molar-refractivity contribution is 7.13. The SMILES string of the molecule is Nc1nc(-c2cccc3cc4ccccc4cc23)cs1. The molecule has 0 unspecified atom stereocenters. The van der Waals surface area contributed by atoms with Crippen molar-refractivity contribution in [1.29, 1.82) is 0 Å². The Morgan fingerprint density at radius 1 is 0.850 bits per heavy atom. The molecule has 0 fully saturated rings. The van der Waals surface area contributed by atoms with Crippen LogP contribution in [-0.2, 0) is 0 Å². The number of hydrogen-bond donors (Lipinski definition) is 1. The van der Waals surface area contributed by atoms with Gasteiger partial charge in [-0.2, -0.15) is 0 Å². The Bertz CT molecular complexity index is 924. The zero-order chi connectivity index (χ0) is 13.5. The van der Waals surface area contributed by atoms with Gasteiger partial charge in [0.15, 0.2) is 5.13 Å². The maximum Gasteiger partial charge on any atom is 0.180 e. The highest BCUT2D eigenvalue weighted by atomic mass is 32.1. The predicted molar refractivity (Wildman–Crippen MR) is 87.0 cm³/mol. The van der Waals surface area contributed by atoms with Gasteiger partial charge in [-0.3, -0.25) is 0 Å². The van der Waals surface area contributed by atoms with E-state index < -0.39 is 0 Å². The van der Waals surface area contributed by atoms with Crippen LogP contribution in [-0.4, -0.2) is 4.98 Å². The van der Waals surface area contributed by atoms with E-state index in [0.717, 1.165) is 11.3 Å². The van der Waals surface area contributed by atoms with E-state index >= 15 is 0 Å². The number of nitrogen functional groups attached to an aromatic ring is 1. The first kappa shape index (κ1) is 11.4. The quantitative estimate of drug-likeness (QED) is 0.512. The maximum atomic E-state index is 5.76. The Hall–Kier alpha value is -2.39. The Kier molecular flexibility index (Phi) is 2.47. The summed E-state index contributed by atoms with van der Waals surface area (Å²) < 4.78 is 0. The fourth-order valence-electron chi connectivity index (χ4n) is 2.60. The van der Waals surface area contributed by atoms with Gasteiger partial charge < -0.3 is 5.73 Å². The molecule has 0 spiro atoms. The molecule has 1 heterocycles. The van der Waals surface area contributed by atoms with Gasteiger partial charge in [-0.15, -0.1) is 11.3 Å². The lowest BCUT2D eigenvalue weighted by Crippen LogP contribution is -1.85. The van der Waals surface area contributed by atoms with Gasteiger partial charge in [0.2, 0.25) is 0 Å². The van der Waals surface area contributed by atoms with Gasteiger partial charge in [0.1, 0.15) is 0 Å². The van der Waals surface area contributed by atoms with E-state index in [0.29, 0.717) is 5.13 Å². The Morgan fingerprint density at radius 2 is 1.60 bits per heavy atom. The normalized spacial score (nSPS) is 11.2. The Balaban J connectivity index is 2.08. The van der Waals surface area contributed by atoms with Crippen molar-refractivity contribution in [2.45, 2.75) is 0 Å². The monoisotopic (exact) mass is 276 g/mol. The second-order valence-electron chi connectivity index (χ2n) is 4.80. The number of benzene rings is 3. The summed E-state index contributed by atoms with van der Waals surface area (Å²) in [5, 5.41) is 7.58. The van der Waals surface area contributed by atoms with Gasteiger partial charge in [-0.25, -0.2) is 4.98 Å². The van der Waals surface area contributed by atoms with Gasteiger partial charge in [0, 0.05) is 10.9 Å². The van der Waals surface area contributed by atoms with E-state index in [1.807, 2.05) is 5.38 Å². The van der Waals surface area contributed by atoms with E-state index in [-0.39, 0.29) is 0 Å². The maximum absolute atomic E-state index is 5.76. The number of rotatable bonds is 1. The third kappa shape index (κ3) is 1.75. The van der Waals surface area contributed by atoms with Crippen molar-refractivity contribution < 1.29 is 0 Å². The molecule has 4 rings (SSSR count). The minimum absolute atomic E-state index is 0.609. The van der Waals surface area contributed by atoms with Crippen LogP contribution in [0.3, 0.4) is 0 Å². The second-order valence-corrected chi connectivity index (χ2v) is 5.69. The van der Waals surface area contributed by atoms with Crippen molar-refractivity contribution in [3.05, 3.63) is 60.0 Å². The van der Waals surface area contributed by atoms with Crippen LogP contribution in [0.15, 0.2) is 60.0 Å². The molecule has 2 N–H and O–H groups in total. The molecule has 0 aliphatic rings. The Labute approximate surface area is 120 Å². The van der Waals surface area contributed by atoms with Gasteiger partial charge in [0.05, 0.1) is 5.69 Å². The van der Waals surface area contributed by atoms with Crippen LogP contribution < -0.4 is 5.73 Å². The smallest absolute Gasteiger partial charge is 0.180 e. The first-order valence-corrected chi connectivity index (χ1v) is 7.32. The van der Waals surface area contributed by atoms with E-state index in [1.54, 1.807) is 0 Å². The molecule has 0 saturated heterocycles. The summed E-state index contributed by atoms with van der Waals surface area (Å²) >= 11 is 1.48. The number of nitrogens with two attached hydrogens (primary N) is 1. The summed E-state index contributed by atoms with van der Waals surface area (Å²) in [4.78, 5) is 4.41. The third-order valence-corrected chi connectivity index (χ3v) is 4.22. The minimum Gasteiger partial charge on any atom is -0.375 e. The van der Waals surface area contributed by atoms with Crippen molar-refractivity contribution in [2.24, 2.45) is 0 Å². The Morgan fingerprint density at radius 3 is 2.35 bits per heavy atom. The van der Waals surface area contributed by atoms with E-state index in [2.05, 4.69) is 59.6 Å². The van der Waals surface area contributed by atoms with Gasteiger partial charge in [-0.1, -0.05) is 42.5 Å². The average Bonchev–Trinajstić information content (AvgIpc) is 2.91. The lowest BCUT2D eigenvalue weighted by molar-refractivity contribution is 1.42. The van der Waals surface area contributed by atoms with E-state index in [1.165, 1.54) is 32.9 Å². The molecule has 4 aromatic rings. The molecule has 3 heteroatoms. The van der Waals surface area contributed by atoms with Gasteiger partial charge >= 0.3 is 0 Å². The molecular weight excluding hydrogens is 264 g/mol. The molecule has 3 aromatic carbocycles. The third-order valence-electron chi connectivity index (χ3n) is 3.54. The first-order valence-electron chi connectivity index (χ1n) is 6.44. The largest absolute Gasteiger partial charge is 0.375 e. The molecule has 0 aliphatic carbocycles. The fraction of sp³-hybridized carbons (Fsp3) is 0. The van der Waals surface area contributed by atoms with Crippen LogP contribution in [0.25, 0.3) is 32.8 Å². The summed E-state index contributed by atoms with van der Waals surface area (Å²) in [6.07, 6.45) is 0. The molecule has 0 bridgehead atoms. The van der Waals surface area contributed by atoms with Crippen LogP contribution in [0.1, 0.15) is 0 Å². The molecule has 0 saturated carbocycles. The lowest BCUT2D eigenvalue weighted by Gasteiger charge is -2.06. The lowest BCUT2D eigenvalue weighted by atomic mass is 9.98. The van der Waals surface area contributed by atoms with Crippen LogP contribution in [0.5, 0.6) is 0 Å². The van der Waals surface area contributed by atoms with Crippen LogP contribution in [0.2, 0.25) is 0 Å². The number of aromatic nitrogens is 1. The zero-order valence-corrected chi connectivity index (χ0v) is 11.5. The van der Waals surface area contributed by atoms with Crippen molar-refractivity contribution in [1.82, 2.24) is 4.98 Å². The molecule has 0 amide bonds. The standard InChI is InChI=1S/C17H12N2S/c18-17-19-16(10-20-17)14-7-3-6-13-8-11-4-1-2-5-12(11)9-15(13)14/h1-10H,(H2,18,19). The van der Waals surface area contributed by atoms with E-state index in [4.69, 9.17) is 5.73 Å². The van der Waals surface area contributed by atoms with Crippen molar-refractivity contribution in [3.8, 4) is 11.3 Å². The molecule has 96 valence electrons. The fourth-order valence-corrected chi connectivity index (χ4v) is 3.16. The summed E-state index contributed by atoms with van der Waals surface area (Å²) in [6, 6.07) is 19.2. The number of anilines is 1. The molecular formula is C17H12N2S. The number of nitrogens with zero attached hydrogens (tertiary/aromatic N) is 1. The van der Waals surface area contributed by atoms with Crippen molar-refractivity contribution >= 4 is 38.0 Å². The zero-order valence-electron chi connectivity index (χ0n) is 10.7. The highest BCUT2D eigenvalue weighted by Gasteiger charge is 2.08. The molecule has 0 atom stereocenters. The second kappa shape index (κ2) is 4.32. The molecule has 1 aromatic heterocycles. The summed E-state index contributed by atoms with van der Waals surface area (Å²) in [7, 11) is 0. The average molecular weight is 276 g/mol. The number of thiazole rings is 1. The summed E-state index contributed by atoms with van der Waals surface area (Å²) in [5.74, 6) is 0. The van der Waals surface area contributed by atoms with Crippen LogP contribution >= 0.6 is 11.3 Å². The van der Waals surface area contributed by atoms with Crippen LogP contribution in [0, 0.1) is 0 Å². The minimum atomic E-state index is 0.609. The molecule has 0 aliphatic heterocycles. The summed E-state index contributed by atoms with van der Waals surface area (Å²) in [5.41, 5.74) is 7.85. The molecule has 20 heavy (non-hydrogen) atoms. The van der Waals surface area contributed by atoms with Gasteiger partial charge in [0.25, 0.3) is 0 Å².